The van der Waals surface area contributed by atoms with Crippen molar-refractivity contribution in [3.8, 4) is 0 Å². The second-order valence-electron chi connectivity index (χ2n) is 4.51. The Kier molecular flexibility index (Phi) is 3.93. The van der Waals surface area contributed by atoms with Crippen molar-refractivity contribution < 1.29 is 39.2 Å². The van der Waals surface area contributed by atoms with Crippen LogP contribution in [0.5, 0.6) is 0 Å². The lowest BCUT2D eigenvalue weighted by atomic mass is 10.1. The molecule has 21 heavy (non-hydrogen) atoms. The molecule has 1 aromatic heterocycles. The van der Waals surface area contributed by atoms with Crippen molar-refractivity contribution in [2.24, 2.45) is 5.73 Å². The number of carbonyl (C=O) groups excluding carboxylic acids is 1. The summed E-state index contributed by atoms with van der Waals surface area (Å²) in [5, 5.41) is 28.8. The van der Waals surface area contributed by atoms with Crippen molar-refractivity contribution >= 4 is 13.5 Å². The molecule has 2 heterocycles. The number of aromatic nitrogens is 2. The lowest BCUT2D eigenvalue weighted by Gasteiger charge is -2.33. The van der Waals surface area contributed by atoms with E-state index in [2.05, 4.69) is 4.98 Å². The summed E-state index contributed by atoms with van der Waals surface area (Å²) in [7, 11) is -5.20. The van der Waals surface area contributed by atoms with Gasteiger partial charge in [-0.15, -0.1) is 0 Å². The predicted molar refractivity (Wildman–Crippen MR) is 64.7 cm³/mol. The molecule has 0 aromatic carbocycles. The summed E-state index contributed by atoms with van der Waals surface area (Å²) in [5.41, 5.74) is 1.97. The van der Waals surface area contributed by atoms with E-state index in [1.54, 1.807) is 0 Å². The Morgan fingerprint density at radius 3 is 2.52 bits per heavy atom. The second kappa shape index (κ2) is 5.14. The van der Waals surface area contributed by atoms with Gasteiger partial charge in [0.1, 0.15) is 24.0 Å². The summed E-state index contributed by atoms with van der Waals surface area (Å²) in [4.78, 5) is 33.6. The third kappa shape index (κ3) is 2.28. The molecule has 2 rings (SSSR count). The van der Waals surface area contributed by atoms with Gasteiger partial charge >= 0.3 is 7.60 Å². The Labute approximate surface area is 117 Å². The van der Waals surface area contributed by atoms with Crippen LogP contribution in [0.15, 0.2) is 12.5 Å². The van der Waals surface area contributed by atoms with Crippen molar-refractivity contribution in [1.82, 2.24) is 9.55 Å². The Morgan fingerprint density at radius 2 is 2.14 bits per heavy atom. The molecule has 7 N–H and O–H groups in total. The van der Waals surface area contributed by atoms with Gasteiger partial charge in [0.2, 0.25) is 0 Å². The highest BCUT2D eigenvalue weighted by atomic mass is 31.2. The van der Waals surface area contributed by atoms with Gasteiger partial charge in [-0.1, -0.05) is 0 Å². The molecule has 0 radical (unpaired) electrons. The Balaban J connectivity index is 2.59. The molecule has 11 nitrogen and oxygen atoms in total. The molecule has 1 aromatic rings. The van der Waals surface area contributed by atoms with E-state index in [0.717, 1.165) is 12.5 Å². The van der Waals surface area contributed by atoms with E-state index in [1.165, 1.54) is 0 Å². The molecule has 1 unspecified atom stereocenters. The fourth-order valence-corrected chi connectivity index (χ4v) is 3.34. The van der Waals surface area contributed by atoms with E-state index in [4.69, 9.17) is 15.6 Å². The van der Waals surface area contributed by atoms with Gasteiger partial charge < -0.3 is 35.6 Å². The van der Waals surface area contributed by atoms with Gasteiger partial charge in [0.15, 0.2) is 0 Å². The van der Waals surface area contributed by atoms with Crippen LogP contribution in [0, 0.1) is 0 Å². The van der Waals surface area contributed by atoms with Crippen LogP contribution in [0.3, 0.4) is 0 Å². The Morgan fingerprint density at radius 1 is 1.52 bits per heavy atom. The lowest BCUT2D eigenvalue weighted by molar-refractivity contribution is -0.100. The minimum absolute atomic E-state index is 0.319. The molecule has 118 valence electrons. The first kappa shape index (κ1) is 16.0. The zero-order chi connectivity index (χ0) is 16.0. The maximum absolute atomic E-state index is 11.8. The van der Waals surface area contributed by atoms with E-state index in [1.807, 2.05) is 0 Å². The first-order valence-corrected chi connectivity index (χ1v) is 7.31. The van der Waals surface area contributed by atoms with Crippen LogP contribution < -0.4 is 5.73 Å². The number of nitrogens with two attached hydrogens (primary N) is 1. The molecule has 1 amide bonds. The summed E-state index contributed by atoms with van der Waals surface area (Å²) in [6.45, 7) is -0.780. The van der Waals surface area contributed by atoms with Gasteiger partial charge in [-0.3, -0.25) is 13.9 Å². The largest absolute Gasteiger partial charge is 0.394 e. The SMILES string of the molecule is NC(=O)c1cn(C2(P(=O)(O)O)O[C@H](CO)[C@@H](O)[C@H]2O)cn1. The van der Waals surface area contributed by atoms with E-state index in [9.17, 15) is 29.4 Å². The van der Waals surface area contributed by atoms with Crippen molar-refractivity contribution in [1.29, 1.82) is 0 Å². The highest BCUT2D eigenvalue weighted by molar-refractivity contribution is 7.52. The molecule has 0 spiro atoms. The van der Waals surface area contributed by atoms with Crippen LogP contribution in [-0.4, -0.2) is 65.5 Å². The predicted octanol–water partition coefficient (Wildman–Crippen LogP) is -3.12. The monoisotopic (exact) mass is 323 g/mol. The Hall–Kier alpha value is -1.33. The van der Waals surface area contributed by atoms with E-state index >= 15 is 0 Å². The zero-order valence-electron chi connectivity index (χ0n) is 10.5. The summed E-state index contributed by atoms with van der Waals surface area (Å²) >= 11 is 0. The highest BCUT2D eigenvalue weighted by Crippen LogP contribution is 2.60. The average Bonchev–Trinajstić information content (AvgIpc) is 2.95. The number of amides is 1. The number of nitrogens with zero attached hydrogens (tertiary/aromatic N) is 2. The van der Waals surface area contributed by atoms with Gasteiger partial charge in [0.25, 0.3) is 11.4 Å². The number of carbonyl (C=O) groups is 1. The molecule has 4 atom stereocenters. The topological polar surface area (TPSA) is 188 Å². The summed E-state index contributed by atoms with van der Waals surface area (Å²) in [6, 6.07) is 0. The molecular formula is C9H14N3O8P. The van der Waals surface area contributed by atoms with E-state index < -0.39 is 43.9 Å². The molecule has 0 saturated carbocycles. The zero-order valence-corrected chi connectivity index (χ0v) is 11.4. The standard InChI is InChI=1S/C9H14N3O8P/c10-8(16)4-1-12(3-11-4)9(21(17,18)19)7(15)6(14)5(2-13)20-9/h1,3,5-7,13-15H,2H2,(H2,10,16)(H2,17,18,19)/t5-,6-,7-,9?/m1/s1. The van der Waals surface area contributed by atoms with Crippen molar-refractivity contribution in [3.05, 3.63) is 18.2 Å². The third-order valence-electron chi connectivity index (χ3n) is 3.22. The smallest absolute Gasteiger partial charge is 0.381 e. The lowest BCUT2D eigenvalue weighted by Crippen LogP contribution is -2.45. The van der Waals surface area contributed by atoms with Crippen LogP contribution in [0.2, 0.25) is 0 Å². The fraction of sp³-hybridized carbons (Fsp3) is 0.556. The third-order valence-corrected chi connectivity index (χ3v) is 4.65. The molecular weight excluding hydrogens is 309 g/mol. The number of aliphatic hydroxyl groups is 3. The van der Waals surface area contributed by atoms with Gasteiger partial charge in [-0.05, 0) is 0 Å². The van der Waals surface area contributed by atoms with E-state index in [0.29, 0.717) is 4.57 Å². The molecule has 1 saturated heterocycles. The minimum Gasteiger partial charge on any atom is -0.394 e. The molecule has 0 bridgehead atoms. The Bertz CT molecular complexity index is 600. The summed E-state index contributed by atoms with van der Waals surface area (Å²) in [6.07, 6.45) is -3.54. The van der Waals surface area contributed by atoms with E-state index in [-0.39, 0.29) is 5.69 Å². The number of imidazole rings is 1. The van der Waals surface area contributed by atoms with Crippen molar-refractivity contribution in [2.45, 2.75) is 23.8 Å². The maximum Gasteiger partial charge on any atom is 0.381 e. The molecule has 1 aliphatic rings. The minimum atomic E-state index is -5.20. The summed E-state index contributed by atoms with van der Waals surface area (Å²) in [5.74, 6) is -0.957. The number of aliphatic hydroxyl groups excluding tert-OH is 3. The van der Waals surface area contributed by atoms with Crippen LogP contribution in [-0.2, 0) is 14.8 Å². The number of rotatable bonds is 4. The molecule has 1 aliphatic heterocycles. The number of hydrogen-bond acceptors (Lipinski definition) is 7. The van der Waals surface area contributed by atoms with Crippen molar-refractivity contribution in [2.75, 3.05) is 6.61 Å². The van der Waals surface area contributed by atoms with Gasteiger partial charge in [0, 0.05) is 6.20 Å². The number of hydrogen-bond donors (Lipinski definition) is 6. The van der Waals surface area contributed by atoms with Gasteiger partial charge in [-0.2, -0.15) is 0 Å². The molecule has 1 fully saturated rings. The molecule has 12 heteroatoms. The summed E-state index contributed by atoms with van der Waals surface area (Å²) < 4.78 is 17.5. The van der Waals surface area contributed by atoms with Crippen LogP contribution in [0.1, 0.15) is 10.5 Å². The highest BCUT2D eigenvalue weighted by Gasteiger charge is 2.65. The van der Waals surface area contributed by atoms with Crippen LogP contribution in [0.4, 0.5) is 0 Å². The fourth-order valence-electron chi connectivity index (χ4n) is 2.16. The van der Waals surface area contributed by atoms with Crippen LogP contribution >= 0.6 is 7.60 Å². The van der Waals surface area contributed by atoms with Gasteiger partial charge in [-0.25, -0.2) is 4.98 Å². The number of primary amides is 1. The maximum atomic E-state index is 11.8. The van der Waals surface area contributed by atoms with Crippen LogP contribution in [0.25, 0.3) is 0 Å². The first-order valence-electron chi connectivity index (χ1n) is 5.70. The quantitative estimate of drug-likeness (QED) is 0.311. The normalized spacial score (nSPS) is 33.3. The average molecular weight is 323 g/mol. The molecule has 0 aliphatic carbocycles. The van der Waals surface area contributed by atoms with Crippen molar-refractivity contribution in [3.63, 3.8) is 0 Å². The second-order valence-corrected chi connectivity index (χ2v) is 6.24. The number of ether oxygens (including phenoxy) is 1. The van der Waals surface area contributed by atoms with Gasteiger partial charge in [0.05, 0.1) is 12.9 Å². The first-order chi connectivity index (χ1) is 9.65.